The van der Waals surface area contributed by atoms with E-state index in [1.54, 1.807) is 12.4 Å². The van der Waals surface area contributed by atoms with Gasteiger partial charge in [-0.3, -0.25) is 0 Å². The zero-order valence-electron chi connectivity index (χ0n) is 13.2. The summed E-state index contributed by atoms with van der Waals surface area (Å²) in [5, 5.41) is 2.09. The summed E-state index contributed by atoms with van der Waals surface area (Å²) in [7, 11) is 2.18. The van der Waals surface area contributed by atoms with E-state index in [2.05, 4.69) is 38.6 Å². The highest BCUT2D eigenvalue weighted by atomic mass is 35.5. The molecule has 0 N–H and O–H groups in total. The normalized spacial score (nSPS) is 15.0. The van der Waals surface area contributed by atoms with Crippen LogP contribution in [0.3, 0.4) is 0 Å². The molecule has 0 bridgehead atoms. The van der Waals surface area contributed by atoms with Gasteiger partial charge in [-0.25, -0.2) is 9.97 Å². The van der Waals surface area contributed by atoms with Crippen molar-refractivity contribution in [1.29, 1.82) is 0 Å². The van der Waals surface area contributed by atoms with Crippen LogP contribution in [-0.4, -0.2) is 33.0 Å². The Morgan fingerprint density at radius 2 is 2.04 bits per heavy atom. The molecule has 0 saturated carbocycles. The van der Waals surface area contributed by atoms with Gasteiger partial charge in [-0.1, -0.05) is 11.6 Å². The second-order valence-electron chi connectivity index (χ2n) is 6.14. The lowest BCUT2D eigenvalue weighted by atomic mass is 10.1. The number of rotatable bonds is 3. The van der Waals surface area contributed by atoms with Crippen molar-refractivity contribution in [2.24, 2.45) is 0 Å². The Bertz CT molecular complexity index is 841. The molecule has 3 aromatic rings. The molecule has 1 aromatic carbocycles. The van der Waals surface area contributed by atoms with Crippen LogP contribution in [0.5, 0.6) is 0 Å². The van der Waals surface area contributed by atoms with E-state index in [0.29, 0.717) is 0 Å². The summed E-state index contributed by atoms with van der Waals surface area (Å²) in [5.74, 6) is 0.894. The Kier molecular flexibility index (Phi) is 3.79. The number of hydrogen-bond donors (Lipinski definition) is 0. The van der Waals surface area contributed by atoms with Gasteiger partial charge in [0.15, 0.2) is 0 Å². The number of nitrogens with zero attached hydrogens (tertiary/aromatic N) is 4. The first-order valence-electron chi connectivity index (χ1n) is 7.96. The fourth-order valence-electron chi connectivity index (χ4n) is 3.48. The van der Waals surface area contributed by atoms with E-state index in [0.717, 1.165) is 43.3 Å². The average molecular weight is 327 g/mol. The second kappa shape index (κ2) is 5.95. The van der Waals surface area contributed by atoms with Gasteiger partial charge in [0.1, 0.15) is 5.82 Å². The van der Waals surface area contributed by atoms with Crippen molar-refractivity contribution >= 4 is 22.5 Å². The maximum atomic E-state index is 6.24. The third-order valence-electron chi connectivity index (χ3n) is 4.59. The maximum absolute atomic E-state index is 6.24. The number of benzene rings is 1. The van der Waals surface area contributed by atoms with Crippen LogP contribution in [-0.2, 0) is 25.9 Å². The predicted molar refractivity (Wildman–Crippen MR) is 92.7 cm³/mol. The number of halogens is 1. The van der Waals surface area contributed by atoms with Crippen molar-refractivity contribution in [3.05, 3.63) is 58.8 Å². The molecule has 0 spiro atoms. The Hall–Kier alpha value is -1.91. The molecular formula is C18H19ClN4. The van der Waals surface area contributed by atoms with Gasteiger partial charge in [0, 0.05) is 66.5 Å². The minimum atomic E-state index is 0.803. The lowest BCUT2D eigenvalue weighted by molar-refractivity contribution is 0.309. The highest BCUT2D eigenvalue weighted by molar-refractivity contribution is 6.31. The first-order valence-corrected chi connectivity index (χ1v) is 8.34. The second-order valence-corrected chi connectivity index (χ2v) is 6.58. The van der Waals surface area contributed by atoms with Crippen molar-refractivity contribution in [3.8, 4) is 0 Å². The van der Waals surface area contributed by atoms with Crippen LogP contribution >= 0.6 is 11.6 Å². The van der Waals surface area contributed by atoms with E-state index in [4.69, 9.17) is 11.6 Å². The number of aromatic nitrogens is 3. The summed E-state index contributed by atoms with van der Waals surface area (Å²) >= 11 is 6.24. The van der Waals surface area contributed by atoms with Crippen molar-refractivity contribution < 1.29 is 0 Å². The Morgan fingerprint density at radius 1 is 1.22 bits per heavy atom. The molecule has 23 heavy (non-hydrogen) atoms. The van der Waals surface area contributed by atoms with Crippen LogP contribution in [0.15, 0.2) is 36.7 Å². The molecule has 0 saturated heterocycles. The molecule has 0 unspecified atom stereocenters. The third kappa shape index (κ3) is 2.73. The summed E-state index contributed by atoms with van der Waals surface area (Å²) in [6, 6.07) is 8.08. The molecule has 0 aliphatic carbocycles. The van der Waals surface area contributed by atoms with Gasteiger partial charge in [0.25, 0.3) is 0 Å². The van der Waals surface area contributed by atoms with Gasteiger partial charge in [0.05, 0.1) is 0 Å². The van der Waals surface area contributed by atoms with Gasteiger partial charge in [-0.2, -0.15) is 0 Å². The molecule has 4 nitrogen and oxygen atoms in total. The van der Waals surface area contributed by atoms with Gasteiger partial charge in [-0.05, 0) is 36.9 Å². The summed E-state index contributed by atoms with van der Waals surface area (Å²) in [6.45, 7) is 2.99. The molecule has 4 rings (SSSR count). The summed E-state index contributed by atoms with van der Waals surface area (Å²) < 4.78 is 2.43. The average Bonchev–Trinajstić information content (AvgIpc) is 2.86. The maximum Gasteiger partial charge on any atom is 0.129 e. The number of hydrogen-bond acceptors (Lipinski definition) is 3. The number of aryl methyl sites for hydroxylation is 2. The molecule has 0 radical (unpaired) electrons. The zero-order chi connectivity index (χ0) is 15.8. The molecule has 2 aromatic heterocycles. The van der Waals surface area contributed by atoms with Gasteiger partial charge in [-0.15, -0.1) is 0 Å². The lowest BCUT2D eigenvalue weighted by Gasteiger charge is -2.24. The third-order valence-corrected chi connectivity index (χ3v) is 4.82. The van der Waals surface area contributed by atoms with E-state index in [1.165, 1.54) is 22.2 Å². The standard InChI is InChI=1S/C18H19ClN4/c1-22-9-5-17-15(12-22)14-11-13(19)3-4-16(14)23(17)10-6-18-20-7-2-8-21-18/h2-4,7-8,11H,5-6,9-10,12H2,1H3. The van der Waals surface area contributed by atoms with Gasteiger partial charge < -0.3 is 9.47 Å². The Morgan fingerprint density at radius 3 is 2.87 bits per heavy atom. The van der Waals surface area contributed by atoms with Crippen molar-refractivity contribution in [3.63, 3.8) is 0 Å². The molecule has 1 aliphatic rings. The molecule has 5 heteroatoms. The van der Waals surface area contributed by atoms with Crippen molar-refractivity contribution in [2.75, 3.05) is 13.6 Å². The molecule has 3 heterocycles. The molecule has 0 atom stereocenters. The Labute approximate surface area is 140 Å². The number of likely N-dealkylation sites (N-methyl/N-ethyl adjacent to an activating group) is 1. The molecule has 0 fully saturated rings. The van der Waals surface area contributed by atoms with Gasteiger partial charge in [0.2, 0.25) is 0 Å². The number of fused-ring (bicyclic) bond motifs is 3. The van der Waals surface area contributed by atoms with E-state index in [9.17, 15) is 0 Å². The van der Waals surface area contributed by atoms with Crippen LogP contribution in [0.1, 0.15) is 17.1 Å². The van der Waals surface area contributed by atoms with Gasteiger partial charge >= 0.3 is 0 Å². The van der Waals surface area contributed by atoms with E-state index >= 15 is 0 Å². The lowest BCUT2D eigenvalue weighted by Crippen LogP contribution is -2.27. The smallest absolute Gasteiger partial charge is 0.129 e. The van der Waals surface area contributed by atoms with Crippen LogP contribution in [0.4, 0.5) is 0 Å². The monoisotopic (exact) mass is 326 g/mol. The van der Waals surface area contributed by atoms with Crippen molar-refractivity contribution in [2.45, 2.75) is 25.9 Å². The molecule has 0 amide bonds. The van der Waals surface area contributed by atoms with E-state index in [-0.39, 0.29) is 0 Å². The highest BCUT2D eigenvalue weighted by Crippen LogP contribution is 2.32. The van der Waals surface area contributed by atoms with Crippen molar-refractivity contribution in [1.82, 2.24) is 19.4 Å². The largest absolute Gasteiger partial charge is 0.344 e. The van der Waals surface area contributed by atoms with Crippen LogP contribution in [0.2, 0.25) is 5.02 Å². The SMILES string of the molecule is CN1CCc2c(c3cc(Cl)ccc3n2CCc2ncccn2)C1. The summed E-state index contributed by atoms with van der Waals surface area (Å²) in [6.07, 6.45) is 5.53. The summed E-state index contributed by atoms with van der Waals surface area (Å²) in [5.41, 5.74) is 4.13. The molecular weight excluding hydrogens is 308 g/mol. The van der Waals surface area contributed by atoms with E-state index in [1.807, 2.05) is 12.1 Å². The minimum absolute atomic E-state index is 0.803. The highest BCUT2D eigenvalue weighted by Gasteiger charge is 2.22. The zero-order valence-corrected chi connectivity index (χ0v) is 13.9. The molecule has 118 valence electrons. The topological polar surface area (TPSA) is 34.0 Å². The fraction of sp³-hybridized carbons (Fsp3) is 0.333. The van der Waals surface area contributed by atoms with E-state index < -0.39 is 0 Å². The van der Waals surface area contributed by atoms with Crippen LogP contribution in [0.25, 0.3) is 10.9 Å². The van der Waals surface area contributed by atoms with Crippen LogP contribution < -0.4 is 0 Å². The fourth-order valence-corrected chi connectivity index (χ4v) is 3.66. The summed E-state index contributed by atoms with van der Waals surface area (Å²) in [4.78, 5) is 11.1. The molecule has 1 aliphatic heterocycles. The first kappa shape index (κ1) is 14.7. The van der Waals surface area contributed by atoms with Crippen LogP contribution in [0, 0.1) is 0 Å². The quantitative estimate of drug-likeness (QED) is 0.740. The predicted octanol–water partition coefficient (Wildman–Crippen LogP) is 3.32. The minimum Gasteiger partial charge on any atom is -0.344 e. The Balaban J connectivity index is 1.76. The first-order chi connectivity index (χ1) is 11.2.